The minimum Gasteiger partial charge on any atom is -0.320 e. The van der Waals surface area contributed by atoms with Crippen LogP contribution in [-0.2, 0) is 0 Å². The Labute approximate surface area is 48.3 Å². The fourth-order valence-corrected chi connectivity index (χ4v) is 1.02. The van der Waals surface area contributed by atoms with E-state index in [9.17, 15) is 0 Å². The summed E-state index contributed by atoms with van der Waals surface area (Å²) in [7, 11) is 1.11. The van der Waals surface area contributed by atoms with Crippen molar-refractivity contribution in [1.29, 1.82) is 0 Å². The van der Waals surface area contributed by atoms with Gasteiger partial charge in [-0.2, -0.15) is 0 Å². The molecule has 0 aromatic carbocycles. The molecule has 0 aromatic rings. The maximum atomic E-state index is 3.26. The Balaban J connectivity index is 2.45. The van der Waals surface area contributed by atoms with Gasteiger partial charge in [-0.1, -0.05) is 19.9 Å². The molecule has 7 heavy (non-hydrogen) atoms. The zero-order valence-corrected chi connectivity index (χ0v) is 6.12. The molecule has 0 atom stereocenters. The third-order valence-corrected chi connectivity index (χ3v) is 1.75. The molecule has 42 valence electrons. The number of hydrogen-bond acceptors (Lipinski definition) is 1. The average Bonchev–Trinajstić information content (AvgIpc) is 1.69. The van der Waals surface area contributed by atoms with Crippen LogP contribution in [0.15, 0.2) is 0 Å². The highest BCUT2D eigenvalue weighted by atomic mass is 28.2. The van der Waals surface area contributed by atoms with E-state index in [1.165, 1.54) is 12.2 Å². The topological polar surface area (TPSA) is 12.0 Å². The highest BCUT2D eigenvalue weighted by Crippen LogP contribution is 1.68. The quantitative estimate of drug-likeness (QED) is 0.420. The van der Waals surface area contributed by atoms with Gasteiger partial charge >= 0.3 is 0 Å². The minimum atomic E-state index is 1.11. The van der Waals surface area contributed by atoms with Crippen molar-refractivity contribution in [3.63, 3.8) is 0 Å². The first-order valence-electron chi connectivity index (χ1n) is 2.83. The highest BCUT2D eigenvalue weighted by Gasteiger charge is 1.79. The minimum absolute atomic E-state index is 1.11. The van der Waals surface area contributed by atoms with E-state index in [1.807, 2.05) is 0 Å². The van der Waals surface area contributed by atoms with Crippen molar-refractivity contribution in [2.24, 2.45) is 0 Å². The van der Waals surface area contributed by atoms with Crippen LogP contribution in [-0.4, -0.2) is 22.2 Å². The first-order valence-corrected chi connectivity index (χ1v) is 4.24. The van der Waals surface area contributed by atoms with Gasteiger partial charge in [0.15, 0.2) is 0 Å². The lowest BCUT2D eigenvalue weighted by atomic mass is 10.8. The second kappa shape index (κ2) is 6.18. The molecule has 0 spiro atoms. The molecule has 0 rings (SSSR count). The fourth-order valence-electron chi connectivity index (χ4n) is 0.338. The largest absolute Gasteiger partial charge is 0.320 e. The number of nitrogens with one attached hydrogen (secondary N) is 1. The van der Waals surface area contributed by atoms with Gasteiger partial charge in [0, 0.05) is 0 Å². The van der Waals surface area contributed by atoms with Crippen molar-refractivity contribution in [2.45, 2.75) is 19.9 Å². The van der Waals surface area contributed by atoms with Crippen molar-refractivity contribution in [2.75, 3.05) is 12.7 Å². The van der Waals surface area contributed by atoms with Gasteiger partial charge in [0.25, 0.3) is 0 Å². The molecule has 0 unspecified atom stereocenters. The summed E-state index contributed by atoms with van der Waals surface area (Å²) in [6.45, 7) is 5.48. The molecule has 0 heterocycles. The number of hydrogen-bond donors (Lipinski definition) is 1. The predicted molar refractivity (Wildman–Crippen MR) is 34.8 cm³/mol. The molecular formula is C5H13NSi. The van der Waals surface area contributed by atoms with Crippen LogP contribution in [0.3, 0.4) is 0 Å². The Morgan fingerprint density at radius 3 is 2.57 bits per heavy atom. The molecular weight excluding hydrogens is 102 g/mol. The fraction of sp³-hybridized carbons (Fsp3) is 1.00. The summed E-state index contributed by atoms with van der Waals surface area (Å²) in [5.41, 5.74) is 0. The van der Waals surface area contributed by atoms with E-state index in [0.29, 0.717) is 0 Å². The summed E-state index contributed by atoms with van der Waals surface area (Å²) in [6.07, 6.45) is 1.22. The predicted octanol–water partition coefficient (Wildman–Crippen LogP) is 0.696. The number of rotatable bonds is 4. The van der Waals surface area contributed by atoms with Crippen molar-refractivity contribution in [3.05, 3.63) is 0 Å². The second-order valence-electron chi connectivity index (χ2n) is 1.38. The van der Waals surface area contributed by atoms with Gasteiger partial charge in [0.1, 0.15) is 0 Å². The summed E-state index contributed by atoms with van der Waals surface area (Å²) in [6, 6.07) is 1.33. The van der Waals surface area contributed by atoms with Gasteiger partial charge < -0.3 is 5.32 Å². The Morgan fingerprint density at radius 2 is 2.14 bits per heavy atom. The Morgan fingerprint density at radius 1 is 1.43 bits per heavy atom. The van der Waals surface area contributed by atoms with E-state index in [2.05, 4.69) is 19.2 Å². The van der Waals surface area contributed by atoms with Crippen LogP contribution < -0.4 is 5.32 Å². The van der Waals surface area contributed by atoms with Gasteiger partial charge in [-0.25, -0.2) is 0 Å². The van der Waals surface area contributed by atoms with Crippen molar-refractivity contribution in [3.8, 4) is 0 Å². The van der Waals surface area contributed by atoms with Crippen molar-refractivity contribution >= 4 is 9.52 Å². The molecule has 0 fully saturated rings. The summed E-state index contributed by atoms with van der Waals surface area (Å²) in [5, 5.41) is 3.26. The average molecular weight is 115 g/mol. The highest BCUT2D eigenvalue weighted by molar-refractivity contribution is 6.35. The third-order valence-electron chi connectivity index (χ3n) is 0.750. The van der Waals surface area contributed by atoms with Gasteiger partial charge in [-0.05, 0) is 12.7 Å². The van der Waals surface area contributed by atoms with Crippen LogP contribution in [0.1, 0.15) is 13.8 Å². The molecule has 0 aromatic heterocycles. The molecule has 0 bridgehead atoms. The maximum Gasteiger partial charge on any atom is 0.0560 e. The van der Waals surface area contributed by atoms with Crippen molar-refractivity contribution < 1.29 is 0 Å². The van der Waals surface area contributed by atoms with Gasteiger partial charge in [0.05, 0.1) is 9.52 Å². The molecule has 2 heteroatoms. The summed E-state index contributed by atoms with van der Waals surface area (Å²) in [5.74, 6) is 0. The van der Waals surface area contributed by atoms with E-state index in [-0.39, 0.29) is 0 Å². The zero-order chi connectivity index (χ0) is 5.54. The molecule has 0 amide bonds. The molecule has 1 nitrogen and oxygen atoms in total. The Kier molecular flexibility index (Phi) is 6.33. The molecule has 2 radical (unpaired) electrons. The van der Waals surface area contributed by atoms with E-state index in [0.717, 1.165) is 16.1 Å². The molecule has 1 N–H and O–H groups in total. The second-order valence-corrected chi connectivity index (χ2v) is 2.94. The van der Waals surface area contributed by atoms with E-state index in [4.69, 9.17) is 0 Å². The molecule has 0 saturated heterocycles. The molecule has 0 saturated carbocycles. The lowest BCUT2D eigenvalue weighted by Gasteiger charge is -1.93. The molecule has 0 aliphatic carbocycles. The summed E-state index contributed by atoms with van der Waals surface area (Å²) >= 11 is 0. The molecule has 0 aliphatic rings. The van der Waals surface area contributed by atoms with E-state index >= 15 is 0 Å². The Bertz CT molecular complexity index is 27.3. The standard InChI is InChI=1S/C5H13NSi/c1-3-6-5-7-4-2/h6H,3-5H2,1-2H3. The van der Waals surface area contributed by atoms with Crippen LogP contribution in [0.4, 0.5) is 0 Å². The smallest absolute Gasteiger partial charge is 0.0560 e. The van der Waals surface area contributed by atoms with Gasteiger partial charge in [0.2, 0.25) is 0 Å². The van der Waals surface area contributed by atoms with E-state index < -0.39 is 0 Å². The third kappa shape index (κ3) is 6.18. The van der Waals surface area contributed by atoms with Crippen LogP contribution in [0, 0.1) is 0 Å². The van der Waals surface area contributed by atoms with Gasteiger partial charge in [-0.3, -0.25) is 0 Å². The first-order chi connectivity index (χ1) is 3.41. The molecule has 0 aliphatic heterocycles. The maximum absolute atomic E-state index is 3.26. The van der Waals surface area contributed by atoms with Crippen LogP contribution in [0.25, 0.3) is 0 Å². The first kappa shape index (κ1) is 7.18. The SMILES string of the molecule is CCNC[Si]CC. The Hall–Kier alpha value is 0.177. The lowest BCUT2D eigenvalue weighted by molar-refractivity contribution is 0.828. The van der Waals surface area contributed by atoms with Gasteiger partial charge in [-0.15, -0.1) is 0 Å². The normalized spacial score (nSPS) is 9.43. The zero-order valence-electron chi connectivity index (χ0n) is 5.12. The van der Waals surface area contributed by atoms with E-state index in [1.54, 1.807) is 0 Å². The van der Waals surface area contributed by atoms with Crippen LogP contribution in [0.5, 0.6) is 0 Å². The summed E-state index contributed by atoms with van der Waals surface area (Å²) < 4.78 is 0. The van der Waals surface area contributed by atoms with Crippen LogP contribution >= 0.6 is 0 Å². The summed E-state index contributed by atoms with van der Waals surface area (Å²) in [4.78, 5) is 0. The monoisotopic (exact) mass is 115 g/mol. The lowest BCUT2D eigenvalue weighted by Crippen LogP contribution is -2.18. The van der Waals surface area contributed by atoms with Crippen LogP contribution in [0.2, 0.25) is 6.04 Å². The van der Waals surface area contributed by atoms with Crippen molar-refractivity contribution in [1.82, 2.24) is 5.32 Å².